The fourth-order valence-corrected chi connectivity index (χ4v) is 8.78. The van der Waals surface area contributed by atoms with Crippen LogP contribution in [0.15, 0.2) is 93.5 Å². The molecule has 0 radical (unpaired) electrons. The van der Waals surface area contributed by atoms with Crippen molar-refractivity contribution in [3.05, 3.63) is 136 Å². The molecule has 1 fully saturated rings. The van der Waals surface area contributed by atoms with Crippen LogP contribution in [0.1, 0.15) is 83.9 Å². The largest absolute Gasteiger partial charge is 0.463 e. The van der Waals surface area contributed by atoms with Gasteiger partial charge >= 0.3 is 5.97 Å². The van der Waals surface area contributed by atoms with Crippen molar-refractivity contribution in [2.45, 2.75) is 64.8 Å². The number of carbonyl (C=O) groups is 1. The summed E-state index contributed by atoms with van der Waals surface area (Å²) < 4.78 is 10.1. The Kier molecular flexibility index (Phi) is 8.49. The van der Waals surface area contributed by atoms with E-state index in [4.69, 9.17) is 9.73 Å². The molecule has 0 bridgehead atoms. The smallest absolute Gasteiger partial charge is 0.338 e. The summed E-state index contributed by atoms with van der Waals surface area (Å²) in [5.41, 5.74) is 7.28. The maximum atomic E-state index is 14.3. The van der Waals surface area contributed by atoms with Crippen molar-refractivity contribution < 1.29 is 9.53 Å². The van der Waals surface area contributed by atoms with Gasteiger partial charge in [0.1, 0.15) is 6.04 Å². The third kappa shape index (κ3) is 5.54. The maximum absolute atomic E-state index is 14.3. The average molecular weight is 648 g/mol. The van der Waals surface area contributed by atoms with Gasteiger partial charge < -0.3 is 9.30 Å². The van der Waals surface area contributed by atoms with Gasteiger partial charge in [-0.05, 0) is 86.4 Å². The van der Waals surface area contributed by atoms with Gasteiger partial charge in [0.05, 0.1) is 22.4 Å². The zero-order valence-electron chi connectivity index (χ0n) is 26.4. The molecule has 1 aliphatic carbocycles. The Morgan fingerprint density at radius 1 is 1.00 bits per heavy atom. The highest BCUT2D eigenvalue weighted by molar-refractivity contribution is 7.10. The predicted molar refractivity (Wildman–Crippen MR) is 186 cm³/mol. The molecule has 4 heterocycles. The van der Waals surface area contributed by atoms with Crippen molar-refractivity contribution in [1.29, 1.82) is 0 Å². The van der Waals surface area contributed by atoms with Gasteiger partial charge in [0.2, 0.25) is 0 Å². The molecular weight excluding hydrogens is 611 g/mol. The standard InChI is InChI=1S/C38H37N3O3S2/c1-4-44-37(43)33-34(28-14-9-6-10-15-28)39-38-41(35(33)31-16-11-21-45-31)36(42)32(46-38)23-29-22-24(2)40(25(29)3)30-19-17-27(18-20-30)26-12-7-5-8-13-26/h6,9-11,14-23,26,35H,4-5,7-8,12-13H2,1-3H3/b32-23-/t35-/m0/s1. The lowest BCUT2D eigenvalue weighted by Gasteiger charge is -2.24. The number of rotatable bonds is 7. The number of aromatic nitrogens is 2. The third-order valence-electron chi connectivity index (χ3n) is 9.17. The summed E-state index contributed by atoms with van der Waals surface area (Å²) in [7, 11) is 0. The Morgan fingerprint density at radius 2 is 1.76 bits per heavy atom. The van der Waals surface area contributed by atoms with Crippen LogP contribution >= 0.6 is 22.7 Å². The van der Waals surface area contributed by atoms with Gasteiger partial charge in [0, 0.05) is 27.5 Å². The van der Waals surface area contributed by atoms with Crippen LogP contribution < -0.4 is 14.9 Å². The second-order valence-corrected chi connectivity index (χ2v) is 14.0. The zero-order chi connectivity index (χ0) is 31.8. The van der Waals surface area contributed by atoms with E-state index in [-0.39, 0.29) is 12.2 Å². The molecule has 0 unspecified atom stereocenters. The van der Waals surface area contributed by atoms with Gasteiger partial charge in [-0.15, -0.1) is 11.3 Å². The molecule has 5 aromatic rings. The number of thiazole rings is 1. The van der Waals surface area contributed by atoms with Crippen LogP contribution in [0.25, 0.3) is 17.5 Å². The number of hydrogen-bond acceptors (Lipinski definition) is 6. The van der Waals surface area contributed by atoms with Crippen molar-refractivity contribution >= 4 is 40.4 Å². The first-order valence-corrected chi connectivity index (χ1v) is 17.8. The molecule has 2 aromatic carbocycles. The molecule has 3 aromatic heterocycles. The molecular formula is C38H37N3O3S2. The quantitative estimate of drug-likeness (QED) is 0.172. The van der Waals surface area contributed by atoms with Gasteiger partial charge in [-0.3, -0.25) is 9.36 Å². The second kappa shape index (κ2) is 12.9. The summed E-state index contributed by atoms with van der Waals surface area (Å²) in [5.74, 6) is 0.205. The Hall–Kier alpha value is -4.27. The molecule has 0 saturated heterocycles. The van der Waals surface area contributed by atoms with Crippen LogP contribution in [0.5, 0.6) is 0 Å². The summed E-state index contributed by atoms with van der Waals surface area (Å²) in [4.78, 5) is 34.2. The van der Waals surface area contributed by atoms with Crippen molar-refractivity contribution in [2.24, 2.45) is 4.99 Å². The number of benzene rings is 2. The first kappa shape index (κ1) is 30.4. The van der Waals surface area contributed by atoms with Crippen molar-refractivity contribution in [2.75, 3.05) is 6.61 Å². The van der Waals surface area contributed by atoms with Crippen LogP contribution in [-0.2, 0) is 9.53 Å². The van der Waals surface area contributed by atoms with Gasteiger partial charge in [0.15, 0.2) is 4.80 Å². The molecule has 0 amide bonds. The van der Waals surface area contributed by atoms with E-state index in [1.165, 1.54) is 60.3 Å². The number of thiophene rings is 1. The SMILES string of the molecule is CCOC(=O)C1=C(c2ccccc2)N=c2s/c(=C\c3cc(C)n(-c4ccc(C5CCCCC5)cc4)c3C)c(=O)n2[C@H]1c1cccs1. The zero-order valence-corrected chi connectivity index (χ0v) is 28.0. The number of ether oxygens (including phenoxy) is 1. The lowest BCUT2D eigenvalue weighted by atomic mass is 9.84. The number of esters is 1. The molecule has 2 aliphatic rings. The third-order valence-corrected chi connectivity index (χ3v) is 11.1. The first-order valence-electron chi connectivity index (χ1n) is 16.1. The van der Waals surface area contributed by atoms with Crippen LogP contribution in [-0.4, -0.2) is 21.7 Å². The minimum atomic E-state index is -0.636. The molecule has 0 N–H and O–H groups in total. The summed E-state index contributed by atoms with van der Waals surface area (Å²) in [6, 6.07) is 24.1. The van der Waals surface area contributed by atoms with E-state index < -0.39 is 12.0 Å². The predicted octanol–water partition coefficient (Wildman–Crippen LogP) is 7.45. The molecule has 6 nitrogen and oxygen atoms in total. The van der Waals surface area contributed by atoms with Gasteiger partial charge in [-0.1, -0.05) is 79.1 Å². The lowest BCUT2D eigenvalue weighted by Crippen LogP contribution is -2.39. The topological polar surface area (TPSA) is 65.6 Å². The number of nitrogens with zero attached hydrogens (tertiary/aromatic N) is 3. The monoisotopic (exact) mass is 647 g/mol. The van der Waals surface area contributed by atoms with E-state index in [0.717, 1.165) is 33.1 Å². The minimum absolute atomic E-state index is 0.169. The Labute approximate surface area is 276 Å². The number of fused-ring (bicyclic) bond motifs is 1. The van der Waals surface area contributed by atoms with Gasteiger partial charge in [-0.25, -0.2) is 9.79 Å². The molecule has 7 rings (SSSR count). The van der Waals surface area contributed by atoms with Crippen LogP contribution in [0, 0.1) is 13.8 Å². The molecule has 0 spiro atoms. The van der Waals surface area contributed by atoms with Crippen LogP contribution in [0.2, 0.25) is 0 Å². The van der Waals surface area contributed by atoms with Crippen molar-refractivity contribution in [3.63, 3.8) is 0 Å². The van der Waals surface area contributed by atoms with E-state index in [2.05, 4.69) is 48.7 Å². The van der Waals surface area contributed by atoms with Gasteiger partial charge in [-0.2, -0.15) is 0 Å². The van der Waals surface area contributed by atoms with E-state index in [9.17, 15) is 9.59 Å². The van der Waals surface area contributed by atoms with Crippen LogP contribution in [0.4, 0.5) is 0 Å². The lowest BCUT2D eigenvalue weighted by molar-refractivity contribution is -0.138. The fourth-order valence-electron chi connectivity index (χ4n) is 6.96. The molecule has 8 heteroatoms. The maximum Gasteiger partial charge on any atom is 0.338 e. The summed E-state index contributed by atoms with van der Waals surface area (Å²) in [6.45, 7) is 6.23. The summed E-state index contributed by atoms with van der Waals surface area (Å²) in [6.07, 6.45) is 8.53. The highest BCUT2D eigenvalue weighted by atomic mass is 32.1. The summed E-state index contributed by atoms with van der Waals surface area (Å²) in [5, 5.41) is 1.96. The van der Waals surface area contributed by atoms with Crippen molar-refractivity contribution in [1.82, 2.24) is 9.13 Å². The first-order chi connectivity index (χ1) is 22.4. The number of carbonyl (C=O) groups excluding carboxylic acids is 1. The molecule has 1 atom stereocenters. The Bertz CT molecular complexity index is 2090. The second-order valence-electron chi connectivity index (χ2n) is 12.0. The highest BCUT2D eigenvalue weighted by Gasteiger charge is 2.35. The normalized spacial score (nSPS) is 17.2. The number of hydrogen-bond donors (Lipinski definition) is 0. The Balaban J connectivity index is 1.34. The highest BCUT2D eigenvalue weighted by Crippen LogP contribution is 2.37. The van der Waals surface area contributed by atoms with Crippen molar-refractivity contribution in [3.8, 4) is 5.69 Å². The van der Waals surface area contributed by atoms with Gasteiger partial charge in [0.25, 0.3) is 5.56 Å². The number of aryl methyl sites for hydroxylation is 1. The Morgan fingerprint density at radius 3 is 2.46 bits per heavy atom. The van der Waals surface area contributed by atoms with E-state index in [1.54, 1.807) is 11.5 Å². The molecule has 46 heavy (non-hydrogen) atoms. The molecule has 1 saturated carbocycles. The fraction of sp³-hybridized carbons (Fsp3) is 0.289. The van der Waals surface area contributed by atoms with E-state index >= 15 is 0 Å². The average Bonchev–Trinajstić information content (AvgIpc) is 3.80. The molecule has 1 aliphatic heterocycles. The van der Waals surface area contributed by atoms with E-state index in [1.807, 2.05) is 53.9 Å². The molecule has 234 valence electrons. The summed E-state index contributed by atoms with van der Waals surface area (Å²) >= 11 is 2.87. The van der Waals surface area contributed by atoms with E-state index in [0.29, 0.717) is 26.5 Å². The minimum Gasteiger partial charge on any atom is -0.463 e. The van der Waals surface area contributed by atoms with Crippen LogP contribution in [0.3, 0.4) is 0 Å².